The fraction of sp³-hybridized carbons (Fsp3) is 0.333. The molecule has 0 saturated carbocycles. The van der Waals surface area contributed by atoms with Gasteiger partial charge in [-0.15, -0.1) is 0 Å². The predicted octanol–water partition coefficient (Wildman–Crippen LogP) is 3.39. The Balaban J connectivity index is 2.04. The fourth-order valence-corrected chi connectivity index (χ4v) is 2.29. The SMILES string of the molecule is CN(C)CCN(Cc1ccccc1)Cc1cccc(F)c1. The standard InChI is InChI=1S/C18H23FN2/c1-20(2)11-12-21(14-16-7-4-3-5-8-16)15-17-9-6-10-18(19)13-17/h3-10,13H,11-12,14-15H2,1-2H3. The Bertz CT molecular complexity index is 540. The molecule has 0 fully saturated rings. The average Bonchev–Trinajstić information content (AvgIpc) is 2.46. The molecule has 2 rings (SSSR count). The molecule has 0 atom stereocenters. The summed E-state index contributed by atoms with van der Waals surface area (Å²) in [5.74, 6) is -0.167. The van der Waals surface area contributed by atoms with Crippen LogP contribution in [0.25, 0.3) is 0 Å². The maximum Gasteiger partial charge on any atom is 0.123 e. The molecule has 0 N–H and O–H groups in total. The molecule has 0 aromatic heterocycles. The van der Waals surface area contributed by atoms with Crippen LogP contribution >= 0.6 is 0 Å². The Hall–Kier alpha value is -1.71. The Labute approximate surface area is 126 Å². The minimum atomic E-state index is -0.167. The molecule has 2 nitrogen and oxygen atoms in total. The van der Waals surface area contributed by atoms with Gasteiger partial charge in [-0.05, 0) is 37.4 Å². The van der Waals surface area contributed by atoms with E-state index in [9.17, 15) is 4.39 Å². The molecule has 0 bridgehead atoms. The molecule has 0 amide bonds. The monoisotopic (exact) mass is 286 g/mol. The number of halogens is 1. The van der Waals surface area contributed by atoms with Crippen molar-refractivity contribution < 1.29 is 4.39 Å². The first kappa shape index (κ1) is 15.7. The van der Waals surface area contributed by atoms with E-state index in [1.165, 1.54) is 11.6 Å². The van der Waals surface area contributed by atoms with Crippen LogP contribution in [-0.4, -0.2) is 37.0 Å². The number of hydrogen-bond acceptors (Lipinski definition) is 2. The highest BCUT2D eigenvalue weighted by Gasteiger charge is 2.08. The first-order valence-corrected chi connectivity index (χ1v) is 7.29. The average molecular weight is 286 g/mol. The predicted molar refractivity (Wildman–Crippen MR) is 85.5 cm³/mol. The fourth-order valence-electron chi connectivity index (χ4n) is 2.29. The van der Waals surface area contributed by atoms with E-state index >= 15 is 0 Å². The Morgan fingerprint density at radius 1 is 0.810 bits per heavy atom. The maximum absolute atomic E-state index is 13.3. The lowest BCUT2D eigenvalue weighted by molar-refractivity contribution is 0.226. The van der Waals surface area contributed by atoms with Gasteiger partial charge >= 0.3 is 0 Å². The van der Waals surface area contributed by atoms with Crippen molar-refractivity contribution in [2.45, 2.75) is 13.1 Å². The van der Waals surface area contributed by atoms with Crippen LogP contribution in [0.2, 0.25) is 0 Å². The third kappa shape index (κ3) is 5.66. The van der Waals surface area contributed by atoms with E-state index in [1.807, 2.05) is 12.1 Å². The molecule has 112 valence electrons. The molecule has 0 spiro atoms. The molecule has 0 saturated heterocycles. The quantitative estimate of drug-likeness (QED) is 0.770. The summed E-state index contributed by atoms with van der Waals surface area (Å²) in [6.07, 6.45) is 0. The zero-order chi connectivity index (χ0) is 15.1. The van der Waals surface area contributed by atoms with Gasteiger partial charge < -0.3 is 4.90 Å². The van der Waals surface area contributed by atoms with Crippen LogP contribution in [0.5, 0.6) is 0 Å². The van der Waals surface area contributed by atoms with Crippen LogP contribution in [-0.2, 0) is 13.1 Å². The van der Waals surface area contributed by atoms with E-state index in [4.69, 9.17) is 0 Å². The topological polar surface area (TPSA) is 6.48 Å². The highest BCUT2D eigenvalue weighted by molar-refractivity contribution is 5.18. The minimum Gasteiger partial charge on any atom is -0.308 e. The van der Waals surface area contributed by atoms with Gasteiger partial charge in [-0.25, -0.2) is 4.39 Å². The Kier molecular flexibility index (Phi) is 5.90. The van der Waals surface area contributed by atoms with Crippen LogP contribution in [0, 0.1) is 5.82 Å². The summed E-state index contributed by atoms with van der Waals surface area (Å²) in [5.41, 5.74) is 2.30. The Morgan fingerprint density at radius 3 is 2.14 bits per heavy atom. The number of benzene rings is 2. The largest absolute Gasteiger partial charge is 0.308 e. The molecule has 0 aliphatic carbocycles. The number of rotatable bonds is 7. The summed E-state index contributed by atoms with van der Waals surface area (Å²) in [4.78, 5) is 4.52. The zero-order valence-corrected chi connectivity index (χ0v) is 12.8. The summed E-state index contributed by atoms with van der Waals surface area (Å²) in [7, 11) is 4.14. The van der Waals surface area contributed by atoms with E-state index in [1.54, 1.807) is 12.1 Å². The summed E-state index contributed by atoms with van der Waals surface area (Å²) in [5, 5.41) is 0. The van der Waals surface area contributed by atoms with Crippen molar-refractivity contribution >= 4 is 0 Å². The molecule has 2 aromatic carbocycles. The van der Waals surface area contributed by atoms with Gasteiger partial charge in [0.15, 0.2) is 0 Å². The van der Waals surface area contributed by atoms with Crippen LogP contribution < -0.4 is 0 Å². The van der Waals surface area contributed by atoms with Crippen molar-refractivity contribution in [3.8, 4) is 0 Å². The highest BCUT2D eigenvalue weighted by Crippen LogP contribution is 2.11. The van der Waals surface area contributed by atoms with E-state index in [0.717, 1.165) is 31.7 Å². The van der Waals surface area contributed by atoms with Gasteiger partial charge in [0.05, 0.1) is 0 Å². The molecule has 0 radical (unpaired) electrons. The molecule has 3 heteroatoms. The van der Waals surface area contributed by atoms with Gasteiger partial charge in [-0.3, -0.25) is 4.90 Å². The molecule has 2 aromatic rings. The number of hydrogen-bond donors (Lipinski definition) is 0. The van der Waals surface area contributed by atoms with E-state index in [2.05, 4.69) is 48.2 Å². The summed E-state index contributed by atoms with van der Waals surface area (Å²) >= 11 is 0. The van der Waals surface area contributed by atoms with E-state index in [0.29, 0.717) is 0 Å². The molecule has 0 unspecified atom stereocenters. The lowest BCUT2D eigenvalue weighted by Crippen LogP contribution is -2.31. The first-order chi connectivity index (χ1) is 10.1. The van der Waals surface area contributed by atoms with Gasteiger partial charge in [0.25, 0.3) is 0 Å². The Morgan fingerprint density at radius 2 is 1.48 bits per heavy atom. The van der Waals surface area contributed by atoms with Crippen molar-refractivity contribution in [1.29, 1.82) is 0 Å². The van der Waals surface area contributed by atoms with Gasteiger partial charge in [0, 0.05) is 26.2 Å². The van der Waals surface area contributed by atoms with Crippen LogP contribution in [0.4, 0.5) is 4.39 Å². The summed E-state index contributed by atoms with van der Waals surface area (Å²) < 4.78 is 13.3. The second kappa shape index (κ2) is 7.91. The van der Waals surface area contributed by atoms with Crippen molar-refractivity contribution in [1.82, 2.24) is 9.80 Å². The zero-order valence-electron chi connectivity index (χ0n) is 12.8. The molecular formula is C18H23FN2. The van der Waals surface area contributed by atoms with Gasteiger partial charge in [0.2, 0.25) is 0 Å². The smallest absolute Gasteiger partial charge is 0.123 e. The normalized spacial score (nSPS) is 11.3. The number of likely N-dealkylation sites (N-methyl/N-ethyl adjacent to an activating group) is 1. The van der Waals surface area contributed by atoms with E-state index in [-0.39, 0.29) is 5.82 Å². The lowest BCUT2D eigenvalue weighted by atomic mass is 10.1. The van der Waals surface area contributed by atoms with Gasteiger partial charge in [-0.2, -0.15) is 0 Å². The maximum atomic E-state index is 13.3. The second-order valence-corrected chi connectivity index (χ2v) is 5.63. The van der Waals surface area contributed by atoms with Crippen LogP contribution in [0.3, 0.4) is 0 Å². The highest BCUT2D eigenvalue weighted by atomic mass is 19.1. The van der Waals surface area contributed by atoms with E-state index < -0.39 is 0 Å². The number of nitrogens with zero attached hydrogens (tertiary/aromatic N) is 2. The van der Waals surface area contributed by atoms with Gasteiger partial charge in [-0.1, -0.05) is 42.5 Å². The summed E-state index contributed by atoms with van der Waals surface area (Å²) in [6.45, 7) is 3.59. The van der Waals surface area contributed by atoms with Crippen LogP contribution in [0.15, 0.2) is 54.6 Å². The molecule has 0 heterocycles. The second-order valence-electron chi connectivity index (χ2n) is 5.63. The molecule has 21 heavy (non-hydrogen) atoms. The molecular weight excluding hydrogens is 263 g/mol. The lowest BCUT2D eigenvalue weighted by Gasteiger charge is -2.24. The molecule has 0 aliphatic heterocycles. The first-order valence-electron chi connectivity index (χ1n) is 7.29. The third-order valence-electron chi connectivity index (χ3n) is 3.41. The van der Waals surface area contributed by atoms with Crippen LogP contribution in [0.1, 0.15) is 11.1 Å². The summed E-state index contributed by atoms with van der Waals surface area (Å²) in [6, 6.07) is 17.3. The van der Waals surface area contributed by atoms with Crippen molar-refractivity contribution in [3.05, 3.63) is 71.5 Å². The van der Waals surface area contributed by atoms with Crippen molar-refractivity contribution in [3.63, 3.8) is 0 Å². The van der Waals surface area contributed by atoms with Crippen molar-refractivity contribution in [2.24, 2.45) is 0 Å². The van der Waals surface area contributed by atoms with Gasteiger partial charge in [0.1, 0.15) is 5.82 Å². The third-order valence-corrected chi connectivity index (χ3v) is 3.41. The van der Waals surface area contributed by atoms with Crippen molar-refractivity contribution in [2.75, 3.05) is 27.2 Å². The minimum absolute atomic E-state index is 0.167. The molecule has 0 aliphatic rings.